The van der Waals surface area contributed by atoms with Gasteiger partial charge in [0.2, 0.25) is 5.54 Å². The van der Waals surface area contributed by atoms with Crippen molar-refractivity contribution in [1.29, 1.82) is 0 Å². The highest BCUT2D eigenvalue weighted by Gasteiger charge is 2.59. The van der Waals surface area contributed by atoms with Gasteiger partial charge in [-0.05, 0) is 18.1 Å². The second-order valence-corrected chi connectivity index (χ2v) is 6.31. The third-order valence-corrected chi connectivity index (χ3v) is 4.12. The number of nitrogens with two attached hydrogens (primary N) is 1. The molecule has 0 aliphatic carbocycles. The Labute approximate surface area is 156 Å². The van der Waals surface area contributed by atoms with E-state index >= 15 is 0 Å². The summed E-state index contributed by atoms with van der Waals surface area (Å²) in [6.45, 7) is 0.985. The number of hydrogen-bond donors (Lipinski definition) is 1. The lowest BCUT2D eigenvalue weighted by Gasteiger charge is -2.35. The maximum absolute atomic E-state index is 13.7. The molecule has 0 fully saturated rings. The van der Waals surface area contributed by atoms with Crippen molar-refractivity contribution in [2.45, 2.75) is 31.7 Å². The van der Waals surface area contributed by atoms with Gasteiger partial charge in [0.05, 0.1) is 6.61 Å². The molecule has 0 radical (unpaired) electrons. The van der Waals surface area contributed by atoms with Crippen molar-refractivity contribution in [3.63, 3.8) is 0 Å². The molecule has 0 saturated carbocycles. The summed E-state index contributed by atoms with van der Waals surface area (Å²) in [5.41, 5.74) is 4.11. The minimum absolute atomic E-state index is 0.175. The van der Waals surface area contributed by atoms with E-state index in [4.69, 9.17) is 5.73 Å². The molecule has 0 spiro atoms. The van der Waals surface area contributed by atoms with Crippen molar-refractivity contribution in [3.8, 4) is 0 Å². The zero-order chi connectivity index (χ0) is 19.9. The molecule has 4 nitrogen and oxygen atoms in total. The van der Waals surface area contributed by atoms with Crippen LogP contribution in [0.25, 0.3) is 0 Å². The number of benzene rings is 2. The molecule has 0 saturated heterocycles. The first-order valence-electron chi connectivity index (χ1n) is 8.59. The van der Waals surface area contributed by atoms with Gasteiger partial charge in [0, 0.05) is 19.6 Å². The molecule has 2 aromatic rings. The van der Waals surface area contributed by atoms with E-state index < -0.39 is 24.2 Å². The number of alkyl halides is 3. The van der Waals surface area contributed by atoms with E-state index in [1.165, 1.54) is 11.8 Å². The molecule has 0 unspecified atom stereocenters. The van der Waals surface area contributed by atoms with E-state index in [2.05, 4.69) is 4.74 Å². The second kappa shape index (κ2) is 9.01. The highest BCUT2D eigenvalue weighted by Crippen LogP contribution is 2.31. The molecule has 2 N–H and O–H groups in total. The van der Waals surface area contributed by atoms with Crippen LogP contribution in [0.2, 0.25) is 0 Å². The van der Waals surface area contributed by atoms with Crippen molar-refractivity contribution < 1.29 is 22.7 Å². The lowest BCUT2D eigenvalue weighted by molar-refractivity contribution is -0.209. The third-order valence-electron chi connectivity index (χ3n) is 4.12. The average molecular weight is 380 g/mol. The van der Waals surface area contributed by atoms with E-state index in [1.54, 1.807) is 24.3 Å². The molecule has 0 aliphatic rings. The Morgan fingerprint density at radius 1 is 0.963 bits per heavy atom. The van der Waals surface area contributed by atoms with Crippen molar-refractivity contribution in [2.75, 3.05) is 13.2 Å². The quantitative estimate of drug-likeness (QED) is 0.712. The van der Waals surface area contributed by atoms with Crippen LogP contribution in [0.1, 0.15) is 18.1 Å². The fourth-order valence-electron chi connectivity index (χ4n) is 2.73. The first kappa shape index (κ1) is 20.9. The maximum Gasteiger partial charge on any atom is 0.418 e. The van der Waals surface area contributed by atoms with E-state index in [1.807, 2.05) is 36.4 Å². The number of ether oxygens (including phenoxy) is 1. The van der Waals surface area contributed by atoms with Crippen LogP contribution in [0.5, 0.6) is 0 Å². The van der Waals surface area contributed by atoms with Crippen LogP contribution in [0.3, 0.4) is 0 Å². The van der Waals surface area contributed by atoms with E-state index in [0.717, 1.165) is 11.1 Å². The van der Waals surface area contributed by atoms with Crippen LogP contribution in [-0.4, -0.2) is 35.7 Å². The number of nitrogens with zero attached hydrogens (tertiary/aromatic N) is 1. The Hall–Kier alpha value is -2.38. The predicted octanol–water partition coefficient (Wildman–Crippen LogP) is 3.51. The molecule has 0 aliphatic heterocycles. The van der Waals surface area contributed by atoms with Crippen molar-refractivity contribution in [1.82, 2.24) is 4.90 Å². The SMILES string of the molecule is CCOC(=O)[C@@](N)(CN(Cc1ccccc1)Cc1ccccc1)C(F)(F)F. The minimum atomic E-state index is -4.94. The minimum Gasteiger partial charge on any atom is -0.464 e. The highest BCUT2D eigenvalue weighted by molar-refractivity contribution is 5.82. The Bertz CT molecular complexity index is 682. The topological polar surface area (TPSA) is 55.6 Å². The van der Waals surface area contributed by atoms with Crippen LogP contribution >= 0.6 is 0 Å². The monoisotopic (exact) mass is 380 g/mol. The van der Waals surface area contributed by atoms with Gasteiger partial charge in [-0.15, -0.1) is 0 Å². The summed E-state index contributed by atoms with van der Waals surface area (Å²) < 4.78 is 45.6. The molecule has 0 bridgehead atoms. The smallest absolute Gasteiger partial charge is 0.418 e. The van der Waals surface area contributed by atoms with E-state index in [-0.39, 0.29) is 19.7 Å². The lowest BCUT2D eigenvalue weighted by atomic mass is 9.98. The van der Waals surface area contributed by atoms with Gasteiger partial charge in [-0.3, -0.25) is 4.90 Å². The summed E-state index contributed by atoms with van der Waals surface area (Å²) in [6.07, 6.45) is -4.94. The van der Waals surface area contributed by atoms with Crippen LogP contribution in [0.15, 0.2) is 60.7 Å². The Kier molecular flexibility index (Phi) is 6.98. The van der Waals surface area contributed by atoms with Gasteiger partial charge >= 0.3 is 12.1 Å². The third kappa shape index (κ3) is 5.55. The van der Waals surface area contributed by atoms with Gasteiger partial charge in [-0.1, -0.05) is 60.7 Å². The first-order valence-corrected chi connectivity index (χ1v) is 8.59. The van der Waals surface area contributed by atoms with E-state index in [0.29, 0.717) is 0 Å². The maximum atomic E-state index is 13.7. The zero-order valence-electron chi connectivity index (χ0n) is 15.1. The standard InChI is InChI=1S/C20H23F3N2O2/c1-2-27-18(26)19(24,20(21,22)23)15-25(13-16-9-5-3-6-10-16)14-17-11-7-4-8-12-17/h3-12H,2,13-15,24H2,1H3/t19-/m0/s1. The summed E-state index contributed by atoms with van der Waals surface area (Å²) >= 11 is 0. The number of hydrogen-bond acceptors (Lipinski definition) is 4. The van der Waals surface area contributed by atoms with Crippen LogP contribution < -0.4 is 5.73 Å². The number of carbonyl (C=O) groups is 1. The van der Waals surface area contributed by atoms with Gasteiger partial charge in [0.1, 0.15) is 0 Å². The Balaban J connectivity index is 2.31. The number of esters is 1. The lowest BCUT2D eigenvalue weighted by Crippen LogP contribution is -2.65. The molecule has 2 aromatic carbocycles. The van der Waals surface area contributed by atoms with Crippen molar-refractivity contribution in [3.05, 3.63) is 71.8 Å². The molecule has 1 atom stereocenters. The summed E-state index contributed by atoms with van der Waals surface area (Å²) in [7, 11) is 0. The highest BCUT2D eigenvalue weighted by atomic mass is 19.4. The van der Waals surface area contributed by atoms with Crippen molar-refractivity contribution in [2.24, 2.45) is 5.73 Å². The molecular weight excluding hydrogens is 357 g/mol. The second-order valence-electron chi connectivity index (χ2n) is 6.31. The van der Waals surface area contributed by atoms with Crippen LogP contribution in [0.4, 0.5) is 13.2 Å². The summed E-state index contributed by atoms with van der Waals surface area (Å²) in [4.78, 5) is 13.6. The Morgan fingerprint density at radius 2 is 1.41 bits per heavy atom. The number of halogens is 3. The number of carbonyl (C=O) groups excluding carboxylic acids is 1. The van der Waals surface area contributed by atoms with Gasteiger partial charge < -0.3 is 10.5 Å². The summed E-state index contributed by atoms with van der Waals surface area (Å²) in [5, 5.41) is 0. The molecule has 27 heavy (non-hydrogen) atoms. The largest absolute Gasteiger partial charge is 0.464 e. The molecule has 146 valence electrons. The summed E-state index contributed by atoms with van der Waals surface area (Å²) in [5.74, 6) is -1.47. The fourth-order valence-corrected chi connectivity index (χ4v) is 2.73. The van der Waals surface area contributed by atoms with Crippen LogP contribution in [0, 0.1) is 0 Å². The zero-order valence-corrected chi connectivity index (χ0v) is 15.1. The molecule has 2 rings (SSSR count). The van der Waals surface area contributed by atoms with Gasteiger partial charge in [-0.25, -0.2) is 4.79 Å². The van der Waals surface area contributed by atoms with E-state index in [9.17, 15) is 18.0 Å². The van der Waals surface area contributed by atoms with Crippen molar-refractivity contribution >= 4 is 5.97 Å². The first-order chi connectivity index (χ1) is 12.8. The predicted molar refractivity (Wildman–Crippen MR) is 96.6 cm³/mol. The van der Waals surface area contributed by atoms with Crippen LogP contribution in [-0.2, 0) is 22.6 Å². The molecular formula is C20H23F3N2O2. The normalized spacial score (nSPS) is 14.0. The van der Waals surface area contributed by atoms with Gasteiger partial charge in [-0.2, -0.15) is 13.2 Å². The average Bonchev–Trinajstić information content (AvgIpc) is 2.62. The summed E-state index contributed by atoms with van der Waals surface area (Å²) in [6, 6.07) is 18.1. The van der Waals surface area contributed by atoms with Gasteiger partial charge in [0.15, 0.2) is 0 Å². The molecule has 7 heteroatoms. The fraction of sp³-hybridized carbons (Fsp3) is 0.350. The van der Waals surface area contributed by atoms with Gasteiger partial charge in [0.25, 0.3) is 0 Å². The molecule has 0 aromatic heterocycles. The molecule has 0 heterocycles. The Morgan fingerprint density at radius 3 is 1.78 bits per heavy atom. The molecule has 0 amide bonds. The number of rotatable bonds is 8.